The Hall–Kier alpha value is -1.09. The standard InChI is InChI=1S/C26H44FO2/c1-4-6-8-10-12-14-20-29-24-18-19-25(26(27)21-24)22(3)16-17-23(28)15-13-11-9-7-5-2/h18-19,21-23H,4-17,20H2,1-3H3. The zero-order chi connectivity index (χ0) is 21.3. The molecular weight excluding hydrogens is 363 g/mol. The monoisotopic (exact) mass is 407 g/mol. The molecule has 0 saturated heterocycles. The number of hydrogen-bond acceptors (Lipinski definition) is 1. The Morgan fingerprint density at radius 3 is 2.10 bits per heavy atom. The van der Waals surface area contributed by atoms with Gasteiger partial charge in [-0.2, -0.15) is 0 Å². The first kappa shape index (κ1) is 25.9. The molecule has 1 aromatic rings. The van der Waals surface area contributed by atoms with Crippen LogP contribution in [0.3, 0.4) is 0 Å². The van der Waals surface area contributed by atoms with Crippen LogP contribution in [0.2, 0.25) is 0 Å². The topological polar surface area (TPSA) is 29.1 Å². The summed E-state index contributed by atoms with van der Waals surface area (Å²) in [5, 5.41) is 12.1. The lowest BCUT2D eigenvalue weighted by atomic mass is 9.93. The Labute approximate surface area is 179 Å². The molecule has 1 aromatic carbocycles. The van der Waals surface area contributed by atoms with E-state index < -0.39 is 6.10 Å². The third kappa shape index (κ3) is 12.3. The fourth-order valence-corrected chi connectivity index (χ4v) is 3.78. The van der Waals surface area contributed by atoms with Crippen molar-refractivity contribution >= 4 is 0 Å². The van der Waals surface area contributed by atoms with E-state index in [9.17, 15) is 9.50 Å². The number of benzene rings is 1. The van der Waals surface area contributed by atoms with E-state index in [0.717, 1.165) is 32.1 Å². The van der Waals surface area contributed by atoms with Crippen molar-refractivity contribution in [1.82, 2.24) is 0 Å². The summed E-state index contributed by atoms with van der Waals surface area (Å²) in [5.74, 6) is 0.472. The molecule has 0 amide bonds. The van der Waals surface area contributed by atoms with Gasteiger partial charge in [-0.05, 0) is 43.2 Å². The number of halogens is 1. The lowest BCUT2D eigenvalue weighted by Gasteiger charge is -2.16. The van der Waals surface area contributed by atoms with E-state index in [2.05, 4.69) is 13.8 Å². The molecule has 0 aliphatic carbocycles. The molecule has 0 N–H and O–H groups in total. The highest BCUT2D eigenvalue weighted by atomic mass is 19.1. The van der Waals surface area contributed by atoms with E-state index in [-0.39, 0.29) is 11.7 Å². The number of rotatable bonds is 18. The maximum absolute atomic E-state index is 14.5. The summed E-state index contributed by atoms with van der Waals surface area (Å²) in [7, 11) is 0. The maximum Gasteiger partial charge on any atom is 0.130 e. The second-order valence-electron chi connectivity index (χ2n) is 8.60. The van der Waals surface area contributed by atoms with Gasteiger partial charge >= 0.3 is 0 Å². The molecule has 1 radical (unpaired) electrons. The van der Waals surface area contributed by atoms with E-state index in [1.165, 1.54) is 57.4 Å². The minimum Gasteiger partial charge on any atom is -0.493 e. The Morgan fingerprint density at radius 1 is 0.828 bits per heavy atom. The molecule has 29 heavy (non-hydrogen) atoms. The molecule has 2 nitrogen and oxygen atoms in total. The maximum atomic E-state index is 14.5. The highest BCUT2D eigenvalue weighted by Gasteiger charge is 2.15. The Kier molecular flexibility index (Phi) is 14.9. The molecule has 0 bridgehead atoms. The van der Waals surface area contributed by atoms with Crippen molar-refractivity contribution in [2.75, 3.05) is 6.61 Å². The average Bonchev–Trinajstić information content (AvgIpc) is 2.71. The van der Waals surface area contributed by atoms with Crippen molar-refractivity contribution < 1.29 is 14.2 Å². The van der Waals surface area contributed by atoms with Gasteiger partial charge in [-0.15, -0.1) is 0 Å². The summed E-state index contributed by atoms with van der Waals surface area (Å²) in [5.41, 5.74) is 0.701. The van der Waals surface area contributed by atoms with E-state index in [1.807, 2.05) is 19.1 Å². The van der Waals surface area contributed by atoms with Crippen LogP contribution < -0.4 is 4.74 Å². The summed E-state index contributed by atoms with van der Waals surface area (Å²) in [6.07, 6.45) is 14.8. The molecule has 0 fully saturated rings. The van der Waals surface area contributed by atoms with E-state index in [0.29, 0.717) is 24.3 Å². The van der Waals surface area contributed by atoms with Gasteiger partial charge in [0.1, 0.15) is 11.6 Å². The third-order valence-electron chi connectivity index (χ3n) is 5.82. The predicted octanol–water partition coefficient (Wildman–Crippen LogP) is 8.61. The van der Waals surface area contributed by atoms with E-state index >= 15 is 0 Å². The Balaban J connectivity index is 2.27. The summed E-state index contributed by atoms with van der Waals surface area (Å²) in [4.78, 5) is 0. The fraction of sp³-hybridized carbons (Fsp3) is 0.769. The van der Waals surface area contributed by atoms with Crippen LogP contribution in [0.25, 0.3) is 0 Å². The molecule has 1 rings (SSSR count). The number of ether oxygens (including phenoxy) is 1. The van der Waals surface area contributed by atoms with Crippen LogP contribution in [-0.2, 0) is 5.11 Å². The first-order valence-corrected chi connectivity index (χ1v) is 12.2. The van der Waals surface area contributed by atoms with Gasteiger partial charge in [0.15, 0.2) is 0 Å². The normalized spacial score (nSPS) is 13.4. The molecule has 2 unspecified atom stereocenters. The fourth-order valence-electron chi connectivity index (χ4n) is 3.78. The van der Waals surface area contributed by atoms with Crippen molar-refractivity contribution in [2.24, 2.45) is 0 Å². The quantitative estimate of drug-likeness (QED) is 0.224. The highest BCUT2D eigenvalue weighted by Crippen LogP contribution is 2.28. The molecule has 2 atom stereocenters. The molecule has 0 heterocycles. The van der Waals surface area contributed by atoms with Gasteiger partial charge in [-0.25, -0.2) is 9.50 Å². The number of unbranched alkanes of at least 4 members (excludes halogenated alkanes) is 9. The van der Waals surface area contributed by atoms with Crippen molar-refractivity contribution in [3.05, 3.63) is 29.6 Å². The van der Waals surface area contributed by atoms with Crippen molar-refractivity contribution in [3.63, 3.8) is 0 Å². The molecule has 0 spiro atoms. The van der Waals surface area contributed by atoms with Gasteiger partial charge in [0.25, 0.3) is 0 Å². The van der Waals surface area contributed by atoms with Gasteiger partial charge in [0.2, 0.25) is 0 Å². The van der Waals surface area contributed by atoms with Crippen LogP contribution in [0.15, 0.2) is 18.2 Å². The molecule has 0 aromatic heterocycles. The first-order chi connectivity index (χ1) is 14.1. The Bertz CT molecular complexity index is 517. The molecule has 0 aliphatic heterocycles. The van der Waals surface area contributed by atoms with Crippen LogP contribution in [0.5, 0.6) is 5.75 Å². The van der Waals surface area contributed by atoms with Crippen LogP contribution in [-0.4, -0.2) is 12.7 Å². The average molecular weight is 408 g/mol. The van der Waals surface area contributed by atoms with Crippen molar-refractivity contribution in [1.29, 1.82) is 0 Å². The Morgan fingerprint density at radius 2 is 1.45 bits per heavy atom. The smallest absolute Gasteiger partial charge is 0.130 e. The van der Waals surface area contributed by atoms with Gasteiger partial charge in [-0.1, -0.05) is 91.0 Å². The second kappa shape index (κ2) is 16.7. The first-order valence-electron chi connectivity index (χ1n) is 12.2. The summed E-state index contributed by atoms with van der Waals surface area (Å²) >= 11 is 0. The van der Waals surface area contributed by atoms with Gasteiger partial charge in [0, 0.05) is 6.07 Å². The number of hydrogen-bond donors (Lipinski definition) is 0. The third-order valence-corrected chi connectivity index (χ3v) is 5.82. The summed E-state index contributed by atoms with van der Waals surface area (Å²) in [6, 6.07) is 5.21. The molecule has 0 saturated carbocycles. The lowest BCUT2D eigenvalue weighted by Crippen LogP contribution is -2.07. The van der Waals surface area contributed by atoms with Gasteiger partial charge < -0.3 is 4.74 Å². The van der Waals surface area contributed by atoms with Gasteiger partial charge in [-0.3, -0.25) is 0 Å². The van der Waals surface area contributed by atoms with E-state index in [1.54, 1.807) is 0 Å². The summed E-state index contributed by atoms with van der Waals surface area (Å²) < 4.78 is 20.2. The highest BCUT2D eigenvalue weighted by molar-refractivity contribution is 5.30. The zero-order valence-electron chi connectivity index (χ0n) is 19.2. The predicted molar refractivity (Wildman–Crippen MR) is 121 cm³/mol. The SMILES string of the molecule is CCCCCCCCOc1ccc(C(C)CCC([O])CCCCCCC)c(F)c1. The van der Waals surface area contributed by atoms with Crippen LogP contribution in [0.4, 0.5) is 4.39 Å². The van der Waals surface area contributed by atoms with E-state index in [4.69, 9.17) is 4.74 Å². The zero-order valence-corrected chi connectivity index (χ0v) is 19.2. The van der Waals surface area contributed by atoms with Crippen molar-refractivity contribution in [2.45, 2.75) is 123 Å². The molecule has 167 valence electrons. The molecule has 3 heteroatoms. The molecule has 0 aliphatic rings. The summed E-state index contributed by atoms with van der Waals surface area (Å²) in [6.45, 7) is 7.09. The lowest BCUT2D eigenvalue weighted by molar-refractivity contribution is 0.0680. The second-order valence-corrected chi connectivity index (χ2v) is 8.60. The van der Waals surface area contributed by atoms with Crippen molar-refractivity contribution in [3.8, 4) is 5.75 Å². The minimum absolute atomic E-state index is 0.0687. The van der Waals surface area contributed by atoms with Crippen LogP contribution >= 0.6 is 0 Å². The van der Waals surface area contributed by atoms with Crippen LogP contribution in [0.1, 0.15) is 122 Å². The van der Waals surface area contributed by atoms with Gasteiger partial charge in [0.05, 0.1) is 12.7 Å². The molecular formula is C26H44FO2. The largest absolute Gasteiger partial charge is 0.493 e. The van der Waals surface area contributed by atoms with Crippen LogP contribution in [0, 0.1) is 5.82 Å². The minimum atomic E-state index is -0.512.